The first-order valence-electron chi connectivity index (χ1n) is 20.7. The van der Waals surface area contributed by atoms with E-state index in [1.807, 2.05) is 30.4 Å². The lowest BCUT2D eigenvalue weighted by molar-refractivity contribution is -0.161. The molecule has 0 saturated carbocycles. The lowest BCUT2D eigenvalue weighted by atomic mass is 10.1. The molecule has 0 aliphatic carbocycles. The number of nitrogens with two attached hydrogens (primary N) is 1. The Hall–Kier alpha value is -3.38. The number of aliphatic hydroxyl groups excluding tert-OH is 1. The van der Waals surface area contributed by atoms with E-state index in [9.17, 15) is 28.9 Å². The Morgan fingerprint density at radius 2 is 1.21 bits per heavy atom. The number of phosphoric acid groups is 1. The van der Waals surface area contributed by atoms with Crippen LogP contribution in [-0.2, 0) is 37.5 Å². The second-order valence-corrected chi connectivity index (χ2v) is 15.0. The van der Waals surface area contributed by atoms with Crippen molar-refractivity contribution in [2.75, 3.05) is 19.8 Å². The molecule has 0 aliphatic heterocycles. The molecule has 0 fully saturated rings. The minimum Gasteiger partial charge on any atom is -0.480 e. The number of hydrogen-bond acceptors (Lipinski definition) is 10. The van der Waals surface area contributed by atoms with E-state index < -0.39 is 63.8 Å². The van der Waals surface area contributed by atoms with E-state index in [1.165, 1.54) is 19.3 Å². The number of aliphatic carboxylic acids is 1. The fraction of sp³-hybridized carbons (Fsp3) is 0.614. The molecule has 12 nitrogen and oxygen atoms in total. The van der Waals surface area contributed by atoms with E-state index in [4.69, 9.17) is 24.8 Å². The van der Waals surface area contributed by atoms with Gasteiger partial charge in [0.25, 0.3) is 0 Å². The average Bonchev–Trinajstić information content (AvgIpc) is 3.18. The van der Waals surface area contributed by atoms with Crippen LogP contribution in [0.5, 0.6) is 0 Å². The molecule has 0 radical (unpaired) electrons. The van der Waals surface area contributed by atoms with Gasteiger partial charge in [0.2, 0.25) is 0 Å². The second kappa shape index (κ2) is 38.2. The summed E-state index contributed by atoms with van der Waals surface area (Å²) in [5.74, 6) is -2.55. The molecule has 324 valence electrons. The molecule has 2 unspecified atom stereocenters. The monoisotopic (exact) mass is 821 g/mol. The highest BCUT2D eigenvalue weighted by atomic mass is 31.2. The Morgan fingerprint density at radius 1 is 0.649 bits per heavy atom. The highest BCUT2D eigenvalue weighted by molar-refractivity contribution is 7.47. The van der Waals surface area contributed by atoms with E-state index in [1.54, 1.807) is 6.08 Å². The number of aliphatic hydroxyl groups is 1. The zero-order chi connectivity index (χ0) is 42.2. The summed E-state index contributed by atoms with van der Waals surface area (Å²) < 4.78 is 32.5. The van der Waals surface area contributed by atoms with Gasteiger partial charge >= 0.3 is 25.7 Å². The number of unbranched alkanes of at least 4 members (excludes halogenated alkanes) is 8. The van der Waals surface area contributed by atoms with Gasteiger partial charge in [-0.2, -0.15) is 0 Å². The smallest absolute Gasteiger partial charge is 0.472 e. The number of allylic oxidation sites excluding steroid dienone is 13. The predicted molar refractivity (Wildman–Crippen MR) is 227 cm³/mol. The maximum atomic E-state index is 12.6. The number of ether oxygens (including phenoxy) is 2. The summed E-state index contributed by atoms with van der Waals surface area (Å²) in [7, 11) is -4.76. The van der Waals surface area contributed by atoms with E-state index in [0.29, 0.717) is 25.7 Å². The van der Waals surface area contributed by atoms with Crippen LogP contribution in [-0.4, -0.2) is 71.1 Å². The van der Waals surface area contributed by atoms with Gasteiger partial charge < -0.3 is 30.3 Å². The molecule has 0 aromatic carbocycles. The van der Waals surface area contributed by atoms with E-state index in [2.05, 4.69) is 67.0 Å². The number of hydrogen-bond donors (Lipinski definition) is 4. The number of rotatable bonds is 37. The number of phosphoric ester groups is 1. The van der Waals surface area contributed by atoms with Crippen LogP contribution in [0.3, 0.4) is 0 Å². The van der Waals surface area contributed by atoms with Crippen molar-refractivity contribution in [3.05, 3.63) is 85.1 Å². The largest absolute Gasteiger partial charge is 0.480 e. The molecule has 0 bridgehead atoms. The van der Waals surface area contributed by atoms with Crippen LogP contribution in [0, 0.1) is 0 Å². The van der Waals surface area contributed by atoms with Gasteiger partial charge in [-0.1, -0.05) is 137 Å². The molecule has 5 N–H and O–H groups in total. The summed E-state index contributed by atoms with van der Waals surface area (Å²) in [5.41, 5.74) is 5.32. The first-order chi connectivity index (χ1) is 27.5. The third-order valence-electron chi connectivity index (χ3n) is 8.23. The molecule has 13 heteroatoms. The fourth-order valence-electron chi connectivity index (χ4n) is 4.94. The van der Waals surface area contributed by atoms with Crippen molar-refractivity contribution < 1.29 is 52.6 Å². The Morgan fingerprint density at radius 3 is 1.86 bits per heavy atom. The molecule has 0 rings (SSSR count). The molecule has 0 aromatic rings. The Labute approximate surface area is 342 Å². The number of carbonyl (C=O) groups excluding carboxylic acids is 2. The zero-order valence-electron chi connectivity index (χ0n) is 34.5. The number of carboxylic acids is 1. The molecule has 0 aliphatic rings. The molecular weight excluding hydrogens is 749 g/mol. The fourth-order valence-corrected chi connectivity index (χ4v) is 5.72. The molecule has 4 atom stereocenters. The van der Waals surface area contributed by atoms with Gasteiger partial charge in [0, 0.05) is 12.8 Å². The third-order valence-corrected chi connectivity index (χ3v) is 9.18. The van der Waals surface area contributed by atoms with Crippen molar-refractivity contribution in [3.63, 3.8) is 0 Å². The van der Waals surface area contributed by atoms with Crippen LogP contribution in [0.25, 0.3) is 0 Å². The molecule has 0 amide bonds. The topological polar surface area (TPSA) is 192 Å². The summed E-state index contributed by atoms with van der Waals surface area (Å²) in [6, 6.07) is -1.55. The van der Waals surface area contributed by atoms with Crippen LogP contribution in [0.4, 0.5) is 0 Å². The van der Waals surface area contributed by atoms with E-state index in [0.717, 1.165) is 64.2 Å². The van der Waals surface area contributed by atoms with Crippen molar-refractivity contribution in [3.8, 4) is 0 Å². The molecule has 57 heavy (non-hydrogen) atoms. The molecule has 0 aromatic heterocycles. The van der Waals surface area contributed by atoms with Crippen molar-refractivity contribution in [1.82, 2.24) is 0 Å². The third kappa shape index (κ3) is 37.9. The SMILES string of the molecule is CC/C=C/C/C=C/C=C/C(O)CCCCCCCC(=O)OC[C@H](COP(=O)(O)OC[C@H](N)C(=O)O)OC(=O)CCC/C=C\C/C=C\C/C=C\C/C=C\CCCCC. The summed E-state index contributed by atoms with van der Waals surface area (Å²) in [4.78, 5) is 45.9. The summed E-state index contributed by atoms with van der Waals surface area (Å²) in [6.45, 7) is 2.46. The van der Waals surface area contributed by atoms with Gasteiger partial charge in [-0.15, -0.1) is 0 Å². The molecular formula is C44H72NO11P. The van der Waals surface area contributed by atoms with Gasteiger partial charge in [0.15, 0.2) is 6.10 Å². The van der Waals surface area contributed by atoms with Gasteiger partial charge in [-0.25, -0.2) is 4.57 Å². The normalized spacial score (nSPS) is 15.2. The maximum absolute atomic E-state index is 12.6. The standard InChI is InChI=1S/C44H72NO11P/c1-3-5-7-9-11-12-13-14-15-16-17-18-19-20-22-26-31-35-43(48)56-40(37-54-57(51,52)55-38-41(45)44(49)50)36-53-42(47)34-30-27-23-25-29-33-39(46)32-28-24-21-10-8-6-4-2/h6,8,11-12,14-15,17-18,20-22,24,28,32,39-41,46H,3-5,7,9-10,13,16,19,23,25-27,29-31,33-38,45H2,1-2H3,(H,49,50)(H,51,52)/b8-6+,12-11-,15-14-,18-17-,22-20-,24-21+,32-28+/t39?,40-,41+/m1/s1. The molecule has 0 saturated heterocycles. The van der Waals surface area contributed by atoms with Gasteiger partial charge in [0.05, 0.1) is 19.3 Å². The van der Waals surface area contributed by atoms with E-state index >= 15 is 0 Å². The van der Waals surface area contributed by atoms with Crippen molar-refractivity contribution >= 4 is 25.7 Å². The first-order valence-corrected chi connectivity index (χ1v) is 22.2. The lowest BCUT2D eigenvalue weighted by Gasteiger charge is -2.20. The first kappa shape index (κ1) is 53.6. The highest BCUT2D eigenvalue weighted by Crippen LogP contribution is 2.43. The minimum absolute atomic E-state index is 0.0600. The van der Waals surface area contributed by atoms with Gasteiger partial charge in [-0.05, 0) is 70.6 Å². The van der Waals surface area contributed by atoms with E-state index in [-0.39, 0.29) is 12.8 Å². The number of esters is 2. The Kier molecular flexibility index (Phi) is 35.9. The quantitative estimate of drug-likeness (QED) is 0.0153. The lowest BCUT2D eigenvalue weighted by Crippen LogP contribution is -2.34. The number of carboxylic acid groups (broad SMARTS) is 1. The number of carbonyl (C=O) groups is 3. The van der Waals surface area contributed by atoms with Crippen molar-refractivity contribution in [2.24, 2.45) is 5.73 Å². The van der Waals surface area contributed by atoms with Crippen LogP contribution < -0.4 is 5.73 Å². The highest BCUT2D eigenvalue weighted by Gasteiger charge is 2.28. The Balaban J connectivity index is 4.60. The Bertz CT molecular complexity index is 1300. The van der Waals surface area contributed by atoms with Gasteiger partial charge in [-0.3, -0.25) is 23.4 Å². The minimum atomic E-state index is -4.76. The molecule has 0 heterocycles. The summed E-state index contributed by atoms with van der Waals surface area (Å²) in [5, 5.41) is 19.0. The van der Waals surface area contributed by atoms with Crippen molar-refractivity contribution in [1.29, 1.82) is 0 Å². The predicted octanol–water partition coefficient (Wildman–Crippen LogP) is 9.69. The summed E-state index contributed by atoms with van der Waals surface area (Å²) in [6.07, 6.45) is 42.5. The van der Waals surface area contributed by atoms with Crippen molar-refractivity contribution in [2.45, 2.75) is 154 Å². The van der Waals surface area contributed by atoms with Crippen LogP contribution >= 0.6 is 7.82 Å². The zero-order valence-corrected chi connectivity index (χ0v) is 35.4. The average molecular weight is 822 g/mol. The van der Waals surface area contributed by atoms with Crippen LogP contribution in [0.15, 0.2) is 85.1 Å². The summed E-state index contributed by atoms with van der Waals surface area (Å²) >= 11 is 0. The van der Waals surface area contributed by atoms with Gasteiger partial charge in [0.1, 0.15) is 12.6 Å². The molecule has 0 spiro atoms. The second-order valence-electron chi connectivity index (χ2n) is 13.6. The van der Waals surface area contributed by atoms with Crippen LogP contribution in [0.2, 0.25) is 0 Å². The van der Waals surface area contributed by atoms with Crippen LogP contribution in [0.1, 0.15) is 136 Å². The maximum Gasteiger partial charge on any atom is 0.472 e.